The van der Waals surface area contributed by atoms with Gasteiger partial charge < -0.3 is 14.4 Å². The molecule has 9 nitrogen and oxygen atoms in total. The van der Waals surface area contributed by atoms with Crippen molar-refractivity contribution in [2.75, 3.05) is 31.3 Å². The Hall–Kier alpha value is -2.74. The summed E-state index contributed by atoms with van der Waals surface area (Å²) in [7, 11) is -1.11. The molecule has 3 aromatic rings. The molecule has 3 aromatic heterocycles. The topological polar surface area (TPSA) is 94.0 Å². The lowest BCUT2D eigenvalue weighted by atomic mass is 10.1. The second-order valence-electron chi connectivity index (χ2n) is 9.45. The summed E-state index contributed by atoms with van der Waals surface area (Å²) in [5.74, 6) is 1.52. The van der Waals surface area contributed by atoms with Gasteiger partial charge >= 0.3 is 0 Å². The van der Waals surface area contributed by atoms with Crippen LogP contribution in [0.2, 0.25) is 25.7 Å². The summed E-state index contributed by atoms with van der Waals surface area (Å²) >= 11 is 0. The average molecular weight is 454 g/mol. The number of morpholine rings is 1. The molecule has 1 aliphatic rings. The lowest BCUT2D eigenvalue weighted by Crippen LogP contribution is -2.44. The van der Waals surface area contributed by atoms with Crippen molar-refractivity contribution < 1.29 is 9.47 Å². The zero-order valence-corrected chi connectivity index (χ0v) is 20.3. The van der Waals surface area contributed by atoms with Crippen LogP contribution in [0, 0.1) is 11.3 Å². The summed E-state index contributed by atoms with van der Waals surface area (Å²) in [6, 6.07) is 7.52. The molecule has 1 aliphatic heterocycles. The second-order valence-corrected chi connectivity index (χ2v) is 15.1. The van der Waals surface area contributed by atoms with E-state index in [1.54, 1.807) is 15.6 Å². The number of fused-ring (bicyclic) bond motifs is 1. The summed E-state index contributed by atoms with van der Waals surface area (Å²) in [6.07, 6.45) is 3.96. The van der Waals surface area contributed by atoms with Crippen LogP contribution in [0.4, 0.5) is 5.82 Å². The molecule has 1 saturated heterocycles. The molecule has 1 unspecified atom stereocenters. The third kappa shape index (κ3) is 5.01. The molecule has 1 atom stereocenters. The van der Waals surface area contributed by atoms with Crippen molar-refractivity contribution in [2.24, 2.45) is 0 Å². The van der Waals surface area contributed by atoms with E-state index < -0.39 is 8.07 Å². The maximum atomic E-state index is 9.35. The van der Waals surface area contributed by atoms with Crippen LogP contribution in [-0.2, 0) is 22.6 Å². The summed E-state index contributed by atoms with van der Waals surface area (Å²) in [6.45, 7) is 12.4. The van der Waals surface area contributed by atoms with E-state index in [1.165, 1.54) is 0 Å². The van der Waals surface area contributed by atoms with Crippen molar-refractivity contribution >= 4 is 24.9 Å². The third-order valence-corrected chi connectivity index (χ3v) is 7.31. The van der Waals surface area contributed by atoms with E-state index in [2.05, 4.69) is 47.7 Å². The Morgan fingerprint density at radius 1 is 1.31 bits per heavy atom. The van der Waals surface area contributed by atoms with Crippen LogP contribution in [0.1, 0.15) is 12.5 Å². The SMILES string of the molecule is CC1COCCN1c1cc(CC#N)c2cnn(-c3ccn(COCC[Si](C)(C)C)n3)c2n1. The number of nitrogens with zero attached hydrogens (tertiary/aromatic N) is 7. The van der Waals surface area contributed by atoms with Crippen LogP contribution in [0.25, 0.3) is 16.9 Å². The lowest BCUT2D eigenvalue weighted by molar-refractivity contribution is 0.0785. The first kappa shape index (κ1) is 22.5. The van der Waals surface area contributed by atoms with Crippen molar-refractivity contribution in [2.45, 2.75) is 51.8 Å². The largest absolute Gasteiger partial charge is 0.377 e. The molecule has 0 spiro atoms. The number of pyridine rings is 1. The molecule has 0 radical (unpaired) electrons. The highest BCUT2D eigenvalue weighted by molar-refractivity contribution is 6.76. The first-order chi connectivity index (χ1) is 15.4. The van der Waals surface area contributed by atoms with Crippen molar-refractivity contribution in [3.63, 3.8) is 0 Å². The molecule has 4 heterocycles. The van der Waals surface area contributed by atoms with Crippen molar-refractivity contribution in [1.82, 2.24) is 24.5 Å². The van der Waals surface area contributed by atoms with Gasteiger partial charge in [0.25, 0.3) is 0 Å². The minimum Gasteiger partial charge on any atom is -0.377 e. The van der Waals surface area contributed by atoms with E-state index >= 15 is 0 Å². The number of nitriles is 1. The van der Waals surface area contributed by atoms with Gasteiger partial charge in [-0.3, -0.25) is 0 Å². The average Bonchev–Trinajstić information content (AvgIpc) is 3.38. The quantitative estimate of drug-likeness (QED) is 0.382. The molecule has 1 fully saturated rings. The molecular formula is C22H31N7O2Si. The van der Waals surface area contributed by atoms with Crippen molar-refractivity contribution in [3.05, 3.63) is 30.1 Å². The van der Waals surface area contributed by atoms with E-state index in [-0.39, 0.29) is 6.04 Å². The van der Waals surface area contributed by atoms with Gasteiger partial charge in [-0.25, -0.2) is 9.67 Å². The van der Waals surface area contributed by atoms with Crippen LogP contribution in [0.3, 0.4) is 0 Å². The number of hydrogen-bond acceptors (Lipinski definition) is 7. The van der Waals surface area contributed by atoms with E-state index in [1.807, 2.05) is 18.3 Å². The Labute approximate surface area is 189 Å². The number of hydrogen-bond donors (Lipinski definition) is 0. The number of ether oxygens (including phenoxy) is 2. The van der Waals surface area contributed by atoms with Gasteiger partial charge in [0.05, 0.1) is 37.9 Å². The molecule has 0 N–H and O–H groups in total. The van der Waals surface area contributed by atoms with E-state index in [0.29, 0.717) is 37.8 Å². The van der Waals surface area contributed by atoms with Gasteiger partial charge in [-0.15, -0.1) is 0 Å². The van der Waals surface area contributed by atoms with Crippen LogP contribution < -0.4 is 4.90 Å². The fourth-order valence-electron chi connectivity index (χ4n) is 3.74. The van der Waals surface area contributed by atoms with Crippen LogP contribution in [-0.4, -0.2) is 65.0 Å². The molecule has 0 aliphatic carbocycles. The molecule has 0 aromatic carbocycles. The zero-order valence-electron chi connectivity index (χ0n) is 19.3. The zero-order chi connectivity index (χ0) is 22.7. The molecule has 10 heteroatoms. The first-order valence-corrected chi connectivity index (χ1v) is 14.8. The van der Waals surface area contributed by atoms with Crippen LogP contribution in [0.5, 0.6) is 0 Å². The van der Waals surface area contributed by atoms with E-state index in [4.69, 9.17) is 14.5 Å². The fourth-order valence-corrected chi connectivity index (χ4v) is 4.49. The van der Waals surface area contributed by atoms with Crippen LogP contribution >= 0.6 is 0 Å². The van der Waals surface area contributed by atoms with E-state index in [0.717, 1.165) is 36.0 Å². The Bertz CT molecular complexity index is 1110. The van der Waals surface area contributed by atoms with Crippen molar-refractivity contribution in [1.29, 1.82) is 5.26 Å². The predicted molar refractivity (Wildman–Crippen MR) is 126 cm³/mol. The van der Waals surface area contributed by atoms with Gasteiger partial charge in [0.1, 0.15) is 12.5 Å². The standard InChI is InChI=1S/C22H31N7O2Si/c1-17-15-30-10-9-28(17)21-13-18(5-7-23)19-14-24-29(22(19)25-21)20-6-8-27(26-20)16-31-11-12-32(2,3)4/h6,8,13-14,17H,5,9-12,15-16H2,1-4H3. The molecule has 0 saturated carbocycles. The smallest absolute Gasteiger partial charge is 0.177 e. The van der Waals surface area contributed by atoms with Gasteiger partial charge in [-0.1, -0.05) is 19.6 Å². The first-order valence-electron chi connectivity index (χ1n) is 11.1. The van der Waals surface area contributed by atoms with Gasteiger partial charge in [0, 0.05) is 38.9 Å². The van der Waals surface area contributed by atoms with Crippen molar-refractivity contribution in [3.8, 4) is 11.9 Å². The minimum absolute atomic E-state index is 0.215. The Morgan fingerprint density at radius 2 is 2.16 bits per heavy atom. The van der Waals surface area contributed by atoms with Crippen LogP contribution in [0.15, 0.2) is 24.5 Å². The molecule has 0 bridgehead atoms. The Morgan fingerprint density at radius 3 is 2.91 bits per heavy atom. The highest BCUT2D eigenvalue weighted by atomic mass is 28.3. The highest BCUT2D eigenvalue weighted by Gasteiger charge is 2.23. The van der Waals surface area contributed by atoms with Gasteiger partial charge in [-0.05, 0) is 24.6 Å². The predicted octanol–water partition coefficient (Wildman–Crippen LogP) is 3.22. The normalized spacial score (nSPS) is 17.1. The maximum absolute atomic E-state index is 9.35. The van der Waals surface area contributed by atoms with Gasteiger partial charge in [-0.2, -0.15) is 20.1 Å². The second kappa shape index (κ2) is 9.40. The third-order valence-electron chi connectivity index (χ3n) is 5.61. The monoisotopic (exact) mass is 453 g/mol. The summed E-state index contributed by atoms with van der Waals surface area (Å²) in [5, 5.41) is 19.4. The summed E-state index contributed by atoms with van der Waals surface area (Å²) in [5.41, 5.74) is 1.63. The number of aromatic nitrogens is 5. The number of anilines is 1. The maximum Gasteiger partial charge on any atom is 0.177 e. The van der Waals surface area contributed by atoms with E-state index in [9.17, 15) is 5.26 Å². The fraction of sp³-hybridized carbons (Fsp3) is 0.545. The molecule has 32 heavy (non-hydrogen) atoms. The Kier molecular flexibility index (Phi) is 6.60. The summed E-state index contributed by atoms with van der Waals surface area (Å²) in [4.78, 5) is 7.15. The number of rotatable bonds is 8. The van der Waals surface area contributed by atoms with Gasteiger partial charge in [0.2, 0.25) is 0 Å². The van der Waals surface area contributed by atoms with Gasteiger partial charge in [0.15, 0.2) is 11.5 Å². The molecule has 4 rings (SSSR count). The Balaban J connectivity index is 1.61. The molecule has 0 amide bonds. The molecular weight excluding hydrogens is 422 g/mol. The molecule has 170 valence electrons. The lowest BCUT2D eigenvalue weighted by Gasteiger charge is -2.34. The highest BCUT2D eigenvalue weighted by Crippen LogP contribution is 2.27. The summed E-state index contributed by atoms with van der Waals surface area (Å²) < 4.78 is 14.9. The minimum atomic E-state index is -1.11.